The minimum atomic E-state index is 0. The molecule has 23 heavy (non-hydrogen) atoms. The molecule has 1 aliphatic rings. The average molecular weight is 332 g/mol. The zero-order valence-corrected chi connectivity index (χ0v) is 14.2. The van der Waals surface area contributed by atoms with E-state index in [0.717, 1.165) is 41.3 Å². The molecule has 0 saturated heterocycles. The monoisotopic (exact) mass is 331 g/mol. The number of rotatable bonds is 3. The molecule has 2 aromatic carbocycles. The lowest BCUT2D eigenvalue weighted by Gasteiger charge is -2.31. The van der Waals surface area contributed by atoms with Gasteiger partial charge in [-0.05, 0) is 37.1 Å². The van der Waals surface area contributed by atoms with E-state index in [1.54, 1.807) is 0 Å². The van der Waals surface area contributed by atoms with E-state index in [1.807, 2.05) is 56.3 Å². The van der Waals surface area contributed by atoms with Crippen LogP contribution in [0.2, 0.25) is 0 Å². The van der Waals surface area contributed by atoms with Gasteiger partial charge in [-0.1, -0.05) is 30.3 Å². The van der Waals surface area contributed by atoms with Gasteiger partial charge in [-0.2, -0.15) is 0 Å². The van der Waals surface area contributed by atoms with Crippen LogP contribution in [0, 0.1) is 13.8 Å². The number of benzene rings is 2. The third kappa shape index (κ3) is 3.77. The highest BCUT2D eigenvalue weighted by molar-refractivity contribution is 5.96. The number of anilines is 3. The second-order valence-electron chi connectivity index (χ2n) is 5.68. The third-order valence-corrected chi connectivity index (χ3v) is 4.02. The Morgan fingerprint density at radius 2 is 1.83 bits per heavy atom. The largest absolute Gasteiger partial charge is 0.382 e. The molecule has 5 heteroatoms. The first-order chi connectivity index (χ1) is 10.6. The van der Waals surface area contributed by atoms with Crippen LogP contribution in [-0.2, 0) is 4.79 Å². The number of carbonyl (C=O) groups is 1. The van der Waals surface area contributed by atoms with E-state index in [4.69, 9.17) is 0 Å². The maximum absolute atomic E-state index is 12.4. The van der Waals surface area contributed by atoms with E-state index in [0.29, 0.717) is 6.54 Å². The quantitative estimate of drug-likeness (QED) is 0.903. The summed E-state index contributed by atoms with van der Waals surface area (Å²) in [6, 6.07) is 14.1. The molecule has 1 aliphatic heterocycles. The molecule has 0 aromatic heterocycles. The highest BCUT2D eigenvalue weighted by Crippen LogP contribution is 2.28. The zero-order chi connectivity index (χ0) is 15.5. The Morgan fingerprint density at radius 3 is 2.57 bits per heavy atom. The van der Waals surface area contributed by atoms with Crippen LogP contribution in [0.25, 0.3) is 0 Å². The van der Waals surface area contributed by atoms with Crippen LogP contribution in [0.4, 0.5) is 17.1 Å². The molecular weight excluding hydrogens is 310 g/mol. The first kappa shape index (κ1) is 17.2. The average Bonchev–Trinajstić information content (AvgIpc) is 2.51. The van der Waals surface area contributed by atoms with Crippen molar-refractivity contribution in [3.05, 3.63) is 53.6 Å². The molecule has 0 fully saturated rings. The second-order valence-corrected chi connectivity index (χ2v) is 5.68. The number of hydrogen-bond acceptors (Lipinski definition) is 3. The number of aryl methyl sites for hydroxylation is 2. The highest BCUT2D eigenvalue weighted by Gasteiger charge is 2.18. The Balaban J connectivity index is 0.00000192. The minimum Gasteiger partial charge on any atom is -0.382 e. The van der Waals surface area contributed by atoms with Gasteiger partial charge >= 0.3 is 0 Å². The Bertz CT molecular complexity index is 682. The SMILES string of the molecule is Cc1cccc(C)c1NC(=O)CN1CCNc2ccccc21.Cl. The number of nitrogens with zero attached hydrogens (tertiary/aromatic N) is 1. The number of carbonyl (C=O) groups excluding carboxylic acids is 1. The first-order valence-electron chi connectivity index (χ1n) is 7.59. The van der Waals surface area contributed by atoms with Gasteiger partial charge in [0.2, 0.25) is 5.91 Å². The van der Waals surface area contributed by atoms with Crippen LogP contribution < -0.4 is 15.5 Å². The molecule has 0 saturated carbocycles. The summed E-state index contributed by atoms with van der Waals surface area (Å²) in [4.78, 5) is 14.5. The summed E-state index contributed by atoms with van der Waals surface area (Å²) in [5, 5.41) is 6.42. The van der Waals surface area contributed by atoms with Crippen molar-refractivity contribution < 1.29 is 4.79 Å². The van der Waals surface area contributed by atoms with Crippen LogP contribution in [-0.4, -0.2) is 25.5 Å². The van der Waals surface area contributed by atoms with Crippen molar-refractivity contribution >= 4 is 35.4 Å². The van der Waals surface area contributed by atoms with Gasteiger partial charge in [0.25, 0.3) is 0 Å². The number of hydrogen-bond donors (Lipinski definition) is 2. The van der Waals surface area contributed by atoms with E-state index in [2.05, 4.69) is 15.5 Å². The van der Waals surface area contributed by atoms with Gasteiger partial charge in [-0.25, -0.2) is 0 Å². The first-order valence-corrected chi connectivity index (χ1v) is 7.59. The molecule has 0 unspecified atom stereocenters. The van der Waals surface area contributed by atoms with Crippen molar-refractivity contribution in [2.75, 3.05) is 35.2 Å². The van der Waals surface area contributed by atoms with Crippen LogP contribution in [0.15, 0.2) is 42.5 Å². The molecule has 0 radical (unpaired) electrons. The van der Waals surface area contributed by atoms with E-state index in [1.165, 1.54) is 0 Å². The summed E-state index contributed by atoms with van der Waals surface area (Å²) in [5.74, 6) is 0.0223. The van der Waals surface area contributed by atoms with Gasteiger partial charge in [-0.3, -0.25) is 4.79 Å². The topological polar surface area (TPSA) is 44.4 Å². The van der Waals surface area contributed by atoms with Crippen LogP contribution >= 0.6 is 12.4 Å². The molecule has 0 spiro atoms. The van der Waals surface area contributed by atoms with E-state index < -0.39 is 0 Å². The van der Waals surface area contributed by atoms with E-state index >= 15 is 0 Å². The van der Waals surface area contributed by atoms with Crippen molar-refractivity contribution in [2.45, 2.75) is 13.8 Å². The molecular formula is C18H22ClN3O. The number of para-hydroxylation sites is 3. The Hall–Kier alpha value is -2.20. The van der Waals surface area contributed by atoms with Crippen LogP contribution in [0.1, 0.15) is 11.1 Å². The summed E-state index contributed by atoms with van der Waals surface area (Å²) in [7, 11) is 0. The standard InChI is InChI=1S/C18H21N3O.ClH/c1-13-6-5-7-14(2)18(13)20-17(22)12-21-11-10-19-15-8-3-4-9-16(15)21;/h3-9,19H,10-12H2,1-2H3,(H,20,22);1H. The molecule has 2 aromatic rings. The molecule has 122 valence electrons. The lowest BCUT2D eigenvalue weighted by Crippen LogP contribution is -2.39. The summed E-state index contributed by atoms with van der Waals surface area (Å²) >= 11 is 0. The molecule has 0 aliphatic carbocycles. The fourth-order valence-electron chi connectivity index (χ4n) is 2.87. The smallest absolute Gasteiger partial charge is 0.243 e. The molecule has 2 N–H and O–H groups in total. The molecule has 0 bridgehead atoms. The van der Waals surface area contributed by atoms with Crippen LogP contribution in [0.3, 0.4) is 0 Å². The maximum Gasteiger partial charge on any atom is 0.243 e. The van der Waals surface area contributed by atoms with Gasteiger partial charge in [-0.15, -0.1) is 12.4 Å². The fourth-order valence-corrected chi connectivity index (χ4v) is 2.87. The lowest BCUT2D eigenvalue weighted by atomic mass is 10.1. The van der Waals surface area contributed by atoms with E-state index in [-0.39, 0.29) is 18.3 Å². The molecule has 4 nitrogen and oxygen atoms in total. The van der Waals surface area contributed by atoms with Crippen molar-refractivity contribution in [2.24, 2.45) is 0 Å². The predicted octanol–water partition coefficient (Wildman–Crippen LogP) is 3.60. The predicted molar refractivity (Wildman–Crippen MR) is 98.9 cm³/mol. The summed E-state index contributed by atoms with van der Waals surface area (Å²) in [6.07, 6.45) is 0. The number of amides is 1. The zero-order valence-electron chi connectivity index (χ0n) is 13.4. The summed E-state index contributed by atoms with van der Waals surface area (Å²) in [5.41, 5.74) is 5.29. The van der Waals surface area contributed by atoms with Crippen LogP contribution in [0.5, 0.6) is 0 Å². The summed E-state index contributed by atoms with van der Waals surface area (Å²) < 4.78 is 0. The van der Waals surface area contributed by atoms with Crippen molar-refractivity contribution in [1.29, 1.82) is 0 Å². The number of halogens is 1. The van der Waals surface area contributed by atoms with Gasteiger partial charge in [0.15, 0.2) is 0 Å². The molecule has 0 atom stereocenters. The van der Waals surface area contributed by atoms with Gasteiger partial charge in [0.1, 0.15) is 0 Å². The molecule has 1 heterocycles. The number of fused-ring (bicyclic) bond motifs is 1. The van der Waals surface area contributed by atoms with Crippen molar-refractivity contribution in [3.63, 3.8) is 0 Å². The van der Waals surface area contributed by atoms with Gasteiger partial charge in [0.05, 0.1) is 17.9 Å². The van der Waals surface area contributed by atoms with Crippen molar-refractivity contribution in [3.8, 4) is 0 Å². The molecule has 1 amide bonds. The lowest BCUT2D eigenvalue weighted by molar-refractivity contribution is -0.115. The van der Waals surface area contributed by atoms with Gasteiger partial charge < -0.3 is 15.5 Å². The normalized spacial score (nSPS) is 12.7. The highest BCUT2D eigenvalue weighted by atomic mass is 35.5. The minimum absolute atomic E-state index is 0. The van der Waals surface area contributed by atoms with Crippen molar-refractivity contribution in [1.82, 2.24) is 0 Å². The third-order valence-electron chi connectivity index (χ3n) is 4.02. The Morgan fingerprint density at radius 1 is 1.13 bits per heavy atom. The Labute approximate surface area is 143 Å². The van der Waals surface area contributed by atoms with Gasteiger partial charge in [0, 0.05) is 18.8 Å². The fraction of sp³-hybridized carbons (Fsp3) is 0.278. The Kier molecular flexibility index (Phi) is 5.50. The van der Waals surface area contributed by atoms with E-state index in [9.17, 15) is 4.79 Å². The second kappa shape index (κ2) is 7.38. The molecule has 3 rings (SSSR count). The maximum atomic E-state index is 12.4. The number of nitrogens with one attached hydrogen (secondary N) is 2. The summed E-state index contributed by atoms with van der Waals surface area (Å²) in [6.45, 7) is 6.09.